The molecule has 0 aliphatic heterocycles. The van der Waals surface area contributed by atoms with Gasteiger partial charge < -0.3 is 4.90 Å². The van der Waals surface area contributed by atoms with Gasteiger partial charge in [-0.25, -0.2) is 0 Å². The van der Waals surface area contributed by atoms with E-state index in [-0.39, 0.29) is 6.04 Å². The highest BCUT2D eigenvalue weighted by molar-refractivity contribution is 9.08. The number of hydrogen-bond donors (Lipinski definition) is 0. The number of anilines is 1. The van der Waals surface area contributed by atoms with E-state index in [0.29, 0.717) is 0 Å². The average molecular weight is 373 g/mol. The number of rotatable bonds is 4. The maximum absolute atomic E-state index is 6.29. The highest BCUT2D eigenvalue weighted by atomic mass is 79.9. The van der Waals surface area contributed by atoms with E-state index in [2.05, 4.69) is 46.9 Å². The summed E-state index contributed by atoms with van der Waals surface area (Å²) in [5, 5.41) is 2.29. The van der Waals surface area contributed by atoms with Crippen LogP contribution >= 0.6 is 39.1 Å². The number of nitrogens with zero attached hydrogens (tertiary/aromatic N) is 1. The Hall–Kier alpha value is -0.700. The summed E-state index contributed by atoms with van der Waals surface area (Å²) < 4.78 is 0. The van der Waals surface area contributed by atoms with E-state index in [0.717, 1.165) is 32.2 Å². The topological polar surface area (TPSA) is 3.24 Å². The summed E-state index contributed by atoms with van der Waals surface area (Å²) in [6.07, 6.45) is 0. The van der Waals surface area contributed by atoms with E-state index >= 15 is 0 Å². The normalized spacial score (nSPS) is 12.2. The largest absolute Gasteiger partial charge is 0.367 e. The number of hydrogen-bond acceptors (Lipinski definition) is 1. The first-order chi connectivity index (χ1) is 9.56. The van der Waals surface area contributed by atoms with Gasteiger partial charge in [-0.1, -0.05) is 63.4 Å². The molecule has 1 nitrogen and oxygen atoms in total. The molecule has 0 spiro atoms. The van der Waals surface area contributed by atoms with Gasteiger partial charge in [-0.15, -0.1) is 0 Å². The van der Waals surface area contributed by atoms with Crippen LogP contribution in [0.4, 0.5) is 5.69 Å². The Balaban J connectivity index is 2.39. The first-order valence-electron chi connectivity index (χ1n) is 6.37. The predicted molar refractivity (Wildman–Crippen MR) is 92.4 cm³/mol. The molecule has 2 rings (SSSR count). The lowest BCUT2D eigenvalue weighted by atomic mass is 10.1. The van der Waals surface area contributed by atoms with Crippen LogP contribution in [-0.2, 0) is 5.33 Å². The van der Waals surface area contributed by atoms with Crippen LogP contribution in [0.5, 0.6) is 0 Å². The lowest BCUT2D eigenvalue weighted by Crippen LogP contribution is -2.23. The highest BCUT2D eigenvalue weighted by Crippen LogP contribution is 2.35. The molecule has 0 heterocycles. The Labute approximate surface area is 138 Å². The standard InChI is InChI=1S/C16H16BrCl2N/c1-11(12-6-3-4-7-14(12)18)20(2)16-9-5-8-15(19)13(16)10-17/h3-9,11H,10H2,1-2H3. The van der Waals surface area contributed by atoms with Gasteiger partial charge in [0, 0.05) is 33.7 Å². The molecular weight excluding hydrogens is 357 g/mol. The molecule has 0 amide bonds. The van der Waals surface area contributed by atoms with Crippen molar-refractivity contribution in [2.45, 2.75) is 18.3 Å². The van der Waals surface area contributed by atoms with Gasteiger partial charge in [0.2, 0.25) is 0 Å². The summed E-state index contributed by atoms with van der Waals surface area (Å²) in [5.41, 5.74) is 3.31. The molecule has 0 saturated carbocycles. The molecule has 0 aromatic heterocycles. The van der Waals surface area contributed by atoms with Crippen LogP contribution in [0.1, 0.15) is 24.1 Å². The van der Waals surface area contributed by atoms with Crippen LogP contribution in [0.25, 0.3) is 0 Å². The summed E-state index contributed by atoms with van der Waals surface area (Å²) in [5.74, 6) is 0. The predicted octanol–water partition coefficient (Wildman–Crippen LogP) is 6.09. The third-order valence-corrected chi connectivity index (χ3v) is 4.80. The van der Waals surface area contributed by atoms with Crippen LogP contribution in [-0.4, -0.2) is 7.05 Å². The average Bonchev–Trinajstić information content (AvgIpc) is 2.46. The Bertz CT molecular complexity index is 601. The fraction of sp³-hybridized carbons (Fsp3) is 0.250. The van der Waals surface area contributed by atoms with Gasteiger partial charge in [0.05, 0.1) is 6.04 Å². The van der Waals surface area contributed by atoms with Crippen LogP contribution in [0.2, 0.25) is 10.0 Å². The van der Waals surface area contributed by atoms with Gasteiger partial charge in [0.25, 0.3) is 0 Å². The lowest BCUT2D eigenvalue weighted by molar-refractivity contribution is 0.737. The van der Waals surface area contributed by atoms with Gasteiger partial charge >= 0.3 is 0 Å². The zero-order valence-corrected chi connectivity index (χ0v) is 14.5. The van der Waals surface area contributed by atoms with Crippen molar-refractivity contribution in [2.75, 3.05) is 11.9 Å². The number of halogens is 3. The van der Waals surface area contributed by atoms with Crippen molar-refractivity contribution < 1.29 is 0 Å². The smallest absolute Gasteiger partial charge is 0.0525 e. The third kappa shape index (κ3) is 3.13. The summed E-state index contributed by atoms with van der Waals surface area (Å²) >= 11 is 16.1. The van der Waals surface area contributed by atoms with Crippen molar-refractivity contribution in [3.63, 3.8) is 0 Å². The summed E-state index contributed by atoms with van der Waals surface area (Å²) in [6.45, 7) is 2.14. The van der Waals surface area contributed by atoms with Crippen molar-refractivity contribution in [3.8, 4) is 0 Å². The molecule has 2 aromatic rings. The molecule has 20 heavy (non-hydrogen) atoms. The molecule has 2 aromatic carbocycles. The molecule has 0 saturated heterocycles. The summed E-state index contributed by atoms with van der Waals surface area (Å²) in [7, 11) is 2.06. The van der Waals surface area contributed by atoms with Crippen molar-refractivity contribution >= 4 is 44.8 Å². The minimum atomic E-state index is 0.167. The van der Waals surface area contributed by atoms with Gasteiger partial charge in [0.15, 0.2) is 0 Å². The lowest BCUT2D eigenvalue weighted by Gasteiger charge is -2.30. The Kier molecular flexibility index (Phi) is 5.36. The van der Waals surface area contributed by atoms with E-state index in [1.165, 1.54) is 0 Å². The molecule has 1 unspecified atom stereocenters. The zero-order valence-electron chi connectivity index (χ0n) is 11.4. The first kappa shape index (κ1) is 15.7. The van der Waals surface area contributed by atoms with Gasteiger partial charge in [0.1, 0.15) is 0 Å². The van der Waals surface area contributed by atoms with Crippen molar-refractivity contribution in [1.29, 1.82) is 0 Å². The van der Waals surface area contributed by atoms with Crippen LogP contribution in [0.15, 0.2) is 42.5 Å². The minimum absolute atomic E-state index is 0.167. The van der Waals surface area contributed by atoms with Crippen LogP contribution < -0.4 is 4.90 Å². The highest BCUT2D eigenvalue weighted by Gasteiger charge is 2.18. The quantitative estimate of drug-likeness (QED) is 0.587. The van der Waals surface area contributed by atoms with Gasteiger partial charge in [-0.3, -0.25) is 0 Å². The summed E-state index contributed by atoms with van der Waals surface area (Å²) in [4.78, 5) is 2.20. The Morgan fingerprint density at radius 1 is 1.05 bits per heavy atom. The molecule has 0 aliphatic rings. The number of benzene rings is 2. The SMILES string of the molecule is CC(c1ccccc1Cl)N(C)c1cccc(Cl)c1CBr. The Morgan fingerprint density at radius 3 is 2.35 bits per heavy atom. The molecule has 0 radical (unpaired) electrons. The molecule has 0 bridgehead atoms. The number of alkyl halides is 1. The van der Waals surface area contributed by atoms with E-state index in [1.54, 1.807) is 0 Å². The van der Waals surface area contributed by atoms with E-state index < -0.39 is 0 Å². The molecule has 4 heteroatoms. The monoisotopic (exact) mass is 371 g/mol. The maximum atomic E-state index is 6.29. The third-order valence-electron chi connectivity index (χ3n) is 3.54. The van der Waals surface area contributed by atoms with E-state index in [9.17, 15) is 0 Å². The molecular formula is C16H16BrCl2N. The van der Waals surface area contributed by atoms with Crippen LogP contribution in [0.3, 0.4) is 0 Å². The molecule has 106 valence electrons. The molecule has 1 atom stereocenters. The second-order valence-corrected chi connectivity index (χ2v) is 6.05. The molecule has 0 N–H and O–H groups in total. The summed E-state index contributed by atoms with van der Waals surface area (Å²) in [6, 6.07) is 14.1. The Morgan fingerprint density at radius 2 is 1.70 bits per heavy atom. The zero-order chi connectivity index (χ0) is 14.7. The fourth-order valence-corrected chi connectivity index (χ4v) is 3.52. The van der Waals surface area contributed by atoms with Gasteiger partial charge in [-0.2, -0.15) is 0 Å². The second kappa shape index (κ2) is 6.84. The second-order valence-electron chi connectivity index (χ2n) is 4.68. The van der Waals surface area contributed by atoms with E-state index in [4.69, 9.17) is 23.2 Å². The van der Waals surface area contributed by atoms with Crippen molar-refractivity contribution in [3.05, 3.63) is 63.6 Å². The molecule has 0 aliphatic carbocycles. The van der Waals surface area contributed by atoms with Crippen molar-refractivity contribution in [2.24, 2.45) is 0 Å². The van der Waals surface area contributed by atoms with E-state index in [1.807, 2.05) is 30.3 Å². The van der Waals surface area contributed by atoms with Crippen LogP contribution in [0, 0.1) is 0 Å². The minimum Gasteiger partial charge on any atom is -0.367 e. The first-order valence-corrected chi connectivity index (χ1v) is 8.24. The van der Waals surface area contributed by atoms with Gasteiger partial charge in [-0.05, 0) is 30.7 Å². The van der Waals surface area contributed by atoms with Crippen molar-refractivity contribution in [1.82, 2.24) is 0 Å². The molecule has 0 fully saturated rings. The maximum Gasteiger partial charge on any atom is 0.0525 e. The fourth-order valence-electron chi connectivity index (χ4n) is 2.24.